The number of anilines is 1. The molecule has 0 aromatic carbocycles. The van der Waals surface area contributed by atoms with Crippen molar-refractivity contribution in [2.45, 2.75) is 33.3 Å². The molecule has 0 saturated carbocycles. The monoisotopic (exact) mass is 222 g/mol. The highest BCUT2D eigenvalue weighted by Crippen LogP contribution is 2.08. The summed E-state index contributed by atoms with van der Waals surface area (Å²) in [5.74, 6) is -0.166. The van der Waals surface area contributed by atoms with Crippen LogP contribution in [0.2, 0.25) is 0 Å². The molecule has 0 spiro atoms. The van der Waals surface area contributed by atoms with E-state index in [0.717, 1.165) is 5.69 Å². The van der Waals surface area contributed by atoms with Gasteiger partial charge in [-0.15, -0.1) is 0 Å². The second kappa shape index (κ2) is 5.07. The van der Waals surface area contributed by atoms with Gasteiger partial charge in [0.1, 0.15) is 6.61 Å². The highest BCUT2D eigenvalue weighted by atomic mass is 16.5. The third kappa shape index (κ3) is 4.89. The molecule has 1 aromatic rings. The minimum atomic E-state index is -0.303. The summed E-state index contributed by atoms with van der Waals surface area (Å²) < 4.78 is 5.35. The molecule has 0 fully saturated rings. The van der Waals surface area contributed by atoms with Gasteiger partial charge in [0.15, 0.2) is 0 Å². The van der Waals surface area contributed by atoms with E-state index in [4.69, 9.17) is 4.74 Å². The molecule has 4 nitrogen and oxygen atoms in total. The van der Waals surface area contributed by atoms with Crippen molar-refractivity contribution in [3.63, 3.8) is 0 Å². The number of carbonyl (C=O) groups excluding carboxylic acids is 1. The lowest BCUT2D eigenvalue weighted by atomic mass is 10.2. The molecule has 1 amide bonds. The van der Waals surface area contributed by atoms with Crippen molar-refractivity contribution in [3.05, 3.63) is 24.0 Å². The summed E-state index contributed by atoms with van der Waals surface area (Å²) in [6, 6.07) is 3.66. The average molecular weight is 222 g/mol. The maximum Gasteiger partial charge on any atom is 0.250 e. The van der Waals surface area contributed by atoms with Gasteiger partial charge in [-0.3, -0.25) is 9.78 Å². The van der Waals surface area contributed by atoms with Gasteiger partial charge in [-0.1, -0.05) is 0 Å². The third-order valence-corrected chi connectivity index (χ3v) is 1.83. The largest absolute Gasteiger partial charge is 0.366 e. The molecular weight excluding hydrogens is 204 g/mol. The van der Waals surface area contributed by atoms with Crippen LogP contribution in [0.5, 0.6) is 0 Å². The molecule has 0 atom stereocenters. The first kappa shape index (κ1) is 12.6. The lowest BCUT2D eigenvalue weighted by molar-refractivity contribution is -0.125. The number of carbonyl (C=O) groups is 1. The summed E-state index contributed by atoms with van der Waals surface area (Å²) in [4.78, 5) is 15.6. The molecule has 0 bridgehead atoms. The van der Waals surface area contributed by atoms with E-state index in [1.54, 1.807) is 6.20 Å². The quantitative estimate of drug-likeness (QED) is 0.852. The van der Waals surface area contributed by atoms with Crippen molar-refractivity contribution >= 4 is 11.6 Å². The minimum absolute atomic E-state index is 0.0530. The zero-order valence-corrected chi connectivity index (χ0v) is 10.2. The molecule has 0 radical (unpaired) electrons. The predicted octanol–water partition coefficient (Wildman–Crippen LogP) is 2.14. The van der Waals surface area contributed by atoms with Crippen LogP contribution in [-0.2, 0) is 9.53 Å². The van der Waals surface area contributed by atoms with Crippen LogP contribution < -0.4 is 5.32 Å². The Hall–Kier alpha value is -1.42. The fourth-order valence-corrected chi connectivity index (χ4v) is 1.02. The van der Waals surface area contributed by atoms with Crippen molar-refractivity contribution in [2.24, 2.45) is 0 Å². The van der Waals surface area contributed by atoms with E-state index in [-0.39, 0.29) is 18.1 Å². The summed E-state index contributed by atoms with van der Waals surface area (Å²) in [5, 5.41) is 2.72. The predicted molar refractivity (Wildman–Crippen MR) is 63.3 cm³/mol. The van der Waals surface area contributed by atoms with Gasteiger partial charge in [0.05, 0.1) is 17.5 Å². The Morgan fingerprint density at radius 2 is 2.12 bits per heavy atom. The molecule has 0 unspecified atom stereocenters. The number of nitrogens with one attached hydrogen (secondary N) is 1. The first-order valence-electron chi connectivity index (χ1n) is 5.23. The number of aromatic nitrogens is 1. The van der Waals surface area contributed by atoms with Gasteiger partial charge in [-0.2, -0.15) is 0 Å². The van der Waals surface area contributed by atoms with Crippen LogP contribution in [0, 0.1) is 6.92 Å². The Bertz CT molecular complexity index is 352. The number of amides is 1. The second-order valence-corrected chi connectivity index (χ2v) is 4.64. The summed E-state index contributed by atoms with van der Waals surface area (Å²) >= 11 is 0. The summed E-state index contributed by atoms with van der Waals surface area (Å²) in [5.41, 5.74) is 1.31. The van der Waals surface area contributed by atoms with E-state index in [9.17, 15) is 4.79 Å². The van der Waals surface area contributed by atoms with E-state index in [0.29, 0.717) is 5.69 Å². The molecule has 88 valence electrons. The molecular formula is C12H18N2O2. The number of hydrogen-bond acceptors (Lipinski definition) is 3. The van der Waals surface area contributed by atoms with Crippen LogP contribution in [0.3, 0.4) is 0 Å². The van der Waals surface area contributed by atoms with Crippen LogP contribution in [0.1, 0.15) is 26.5 Å². The van der Waals surface area contributed by atoms with Crippen molar-refractivity contribution < 1.29 is 9.53 Å². The van der Waals surface area contributed by atoms with Crippen LogP contribution in [-0.4, -0.2) is 23.1 Å². The fraction of sp³-hybridized carbons (Fsp3) is 0.500. The van der Waals surface area contributed by atoms with Gasteiger partial charge in [0.25, 0.3) is 0 Å². The molecule has 0 saturated heterocycles. The SMILES string of the molecule is Cc1ccc(NC(=O)COC(C)(C)C)cn1. The molecule has 0 aliphatic rings. The van der Waals surface area contributed by atoms with E-state index < -0.39 is 0 Å². The van der Waals surface area contributed by atoms with Crippen LogP contribution in [0.4, 0.5) is 5.69 Å². The molecule has 0 aliphatic heterocycles. The summed E-state index contributed by atoms with van der Waals surface area (Å²) in [6.07, 6.45) is 1.63. The van der Waals surface area contributed by atoms with Crippen molar-refractivity contribution in [1.82, 2.24) is 4.98 Å². The van der Waals surface area contributed by atoms with E-state index in [1.165, 1.54) is 0 Å². The molecule has 1 N–H and O–H groups in total. The van der Waals surface area contributed by atoms with Gasteiger partial charge in [0.2, 0.25) is 5.91 Å². The van der Waals surface area contributed by atoms with Crippen molar-refractivity contribution in [1.29, 1.82) is 0 Å². The Kier molecular flexibility index (Phi) is 4.01. The Morgan fingerprint density at radius 1 is 1.44 bits per heavy atom. The minimum Gasteiger partial charge on any atom is -0.366 e. The molecule has 1 heterocycles. The normalized spacial score (nSPS) is 11.2. The number of pyridine rings is 1. The van der Waals surface area contributed by atoms with E-state index in [1.807, 2.05) is 39.8 Å². The van der Waals surface area contributed by atoms with Gasteiger partial charge in [-0.25, -0.2) is 0 Å². The van der Waals surface area contributed by atoms with Crippen LogP contribution in [0.25, 0.3) is 0 Å². The standard InChI is InChI=1S/C12H18N2O2/c1-9-5-6-10(7-13-9)14-11(15)8-16-12(2,3)4/h5-7H,8H2,1-4H3,(H,14,15). The fourth-order valence-electron chi connectivity index (χ4n) is 1.02. The number of rotatable bonds is 3. The van der Waals surface area contributed by atoms with E-state index >= 15 is 0 Å². The van der Waals surface area contributed by atoms with Gasteiger partial charge in [0, 0.05) is 5.69 Å². The van der Waals surface area contributed by atoms with Gasteiger partial charge in [-0.05, 0) is 39.8 Å². The highest BCUT2D eigenvalue weighted by Gasteiger charge is 2.12. The second-order valence-electron chi connectivity index (χ2n) is 4.64. The smallest absolute Gasteiger partial charge is 0.250 e. The maximum absolute atomic E-state index is 11.5. The molecule has 1 rings (SSSR count). The zero-order valence-electron chi connectivity index (χ0n) is 10.2. The lowest BCUT2D eigenvalue weighted by Gasteiger charge is -2.18. The topological polar surface area (TPSA) is 51.2 Å². The Morgan fingerprint density at radius 3 is 2.62 bits per heavy atom. The first-order chi connectivity index (χ1) is 7.37. The first-order valence-corrected chi connectivity index (χ1v) is 5.23. The summed E-state index contributed by atoms with van der Waals surface area (Å²) in [7, 11) is 0. The Labute approximate surface area is 96.0 Å². The van der Waals surface area contributed by atoms with Crippen LogP contribution in [0.15, 0.2) is 18.3 Å². The molecule has 0 aliphatic carbocycles. The average Bonchev–Trinajstić information content (AvgIpc) is 2.18. The number of ether oxygens (including phenoxy) is 1. The van der Waals surface area contributed by atoms with Gasteiger partial charge >= 0.3 is 0 Å². The number of aryl methyl sites for hydroxylation is 1. The van der Waals surface area contributed by atoms with Crippen LogP contribution >= 0.6 is 0 Å². The molecule has 1 aromatic heterocycles. The van der Waals surface area contributed by atoms with E-state index in [2.05, 4.69) is 10.3 Å². The van der Waals surface area contributed by atoms with Crippen molar-refractivity contribution in [2.75, 3.05) is 11.9 Å². The summed E-state index contributed by atoms with van der Waals surface area (Å²) in [6.45, 7) is 7.68. The molecule has 4 heteroatoms. The highest BCUT2D eigenvalue weighted by molar-refractivity contribution is 5.91. The number of hydrogen-bond donors (Lipinski definition) is 1. The Balaban J connectivity index is 2.43. The van der Waals surface area contributed by atoms with Crippen molar-refractivity contribution in [3.8, 4) is 0 Å². The maximum atomic E-state index is 11.5. The lowest BCUT2D eigenvalue weighted by Crippen LogP contribution is -2.27. The number of nitrogens with zero attached hydrogens (tertiary/aromatic N) is 1. The van der Waals surface area contributed by atoms with Gasteiger partial charge < -0.3 is 10.1 Å². The molecule has 16 heavy (non-hydrogen) atoms. The third-order valence-electron chi connectivity index (χ3n) is 1.83. The zero-order chi connectivity index (χ0) is 12.2.